The minimum absolute atomic E-state index is 0.266. The van der Waals surface area contributed by atoms with Crippen LogP contribution < -0.4 is 10.2 Å². The molecule has 0 saturated carbocycles. The molecule has 1 aliphatic rings. The summed E-state index contributed by atoms with van der Waals surface area (Å²) >= 11 is 0. The third kappa shape index (κ3) is 3.65. The molecule has 1 aromatic carbocycles. The zero-order chi connectivity index (χ0) is 14.5. The van der Waals surface area contributed by atoms with Gasteiger partial charge in [-0.1, -0.05) is 12.8 Å². The van der Waals surface area contributed by atoms with Crippen LogP contribution in [0.3, 0.4) is 0 Å². The van der Waals surface area contributed by atoms with E-state index in [0.717, 1.165) is 24.6 Å². The fraction of sp³-hybridized carbons (Fsp3) is 0.400. The highest BCUT2D eigenvalue weighted by Gasteiger charge is 2.12. The molecular weight excluding hydrogens is 269 g/mol. The molecule has 0 atom stereocenters. The second-order valence-electron chi connectivity index (χ2n) is 5.17. The molecular formula is C15H18FN5. The van der Waals surface area contributed by atoms with E-state index in [0.29, 0.717) is 5.95 Å². The van der Waals surface area contributed by atoms with Crippen LogP contribution in [0, 0.1) is 5.82 Å². The summed E-state index contributed by atoms with van der Waals surface area (Å²) in [6.07, 6.45) is 6.61. The predicted molar refractivity (Wildman–Crippen MR) is 80.2 cm³/mol. The van der Waals surface area contributed by atoms with Crippen LogP contribution in [-0.4, -0.2) is 28.3 Å². The summed E-state index contributed by atoms with van der Waals surface area (Å²) in [5, 5.41) is 11.0. The average Bonchev–Trinajstić information content (AvgIpc) is 2.79. The molecule has 1 N–H and O–H groups in total. The van der Waals surface area contributed by atoms with Gasteiger partial charge in [-0.2, -0.15) is 10.1 Å². The smallest absolute Gasteiger partial charge is 0.249 e. The molecule has 0 unspecified atom stereocenters. The first-order valence-electron chi connectivity index (χ1n) is 7.28. The quantitative estimate of drug-likeness (QED) is 0.940. The van der Waals surface area contributed by atoms with Gasteiger partial charge < -0.3 is 10.2 Å². The van der Waals surface area contributed by atoms with Gasteiger partial charge in [-0.25, -0.2) is 4.39 Å². The highest BCUT2D eigenvalue weighted by Crippen LogP contribution is 2.19. The fourth-order valence-electron chi connectivity index (χ4n) is 2.46. The topological polar surface area (TPSA) is 53.9 Å². The maximum atomic E-state index is 12.9. The Kier molecular flexibility index (Phi) is 4.23. The van der Waals surface area contributed by atoms with Crippen molar-refractivity contribution in [2.75, 3.05) is 23.3 Å². The largest absolute Gasteiger partial charge is 0.355 e. The van der Waals surface area contributed by atoms with Crippen LogP contribution >= 0.6 is 0 Å². The summed E-state index contributed by atoms with van der Waals surface area (Å²) in [7, 11) is 0. The van der Waals surface area contributed by atoms with Crippen molar-refractivity contribution in [2.24, 2.45) is 0 Å². The van der Waals surface area contributed by atoms with E-state index in [2.05, 4.69) is 25.4 Å². The van der Waals surface area contributed by atoms with Gasteiger partial charge in [0.15, 0.2) is 5.82 Å². The van der Waals surface area contributed by atoms with E-state index in [9.17, 15) is 4.39 Å². The lowest BCUT2D eigenvalue weighted by atomic mass is 10.2. The monoisotopic (exact) mass is 287 g/mol. The molecule has 2 heterocycles. The molecule has 1 saturated heterocycles. The van der Waals surface area contributed by atoms with E-state index in [1.165, 1.54) is 37.8 Å². The Hall–Kier alpha value is -2.24. The first-order valence-corrected chi connectivity index (χ1v) is 7.28. The van der Waals surface area contributed by atoms with Crippen molar-refractivity contribution in [3.8, 4) is 0 Å². The lowest BCUT2D eigenvalue weighted by molar-refractivity contribution is 0.628. The number of hydrogen-bond donors (Lipinski definition) is 1. The third-order valence-corrected chi connectivity index (χ3v) is 3.58. The fourth-order valence-corrected chi connectivity index (χ4v) is 2.46. The van der Waals surface area contributed by atoms with E-state index in [1.807, 2.05) is 0 Å². The molecule has 1 aliphatic heterocycles. The van der Waals surface area contributed by atoms with Crippen molar-refractivity contribution >= 4 is 17.5 Å². The molecule has 0 amide bonds. The van der Waals surface area contributed by atoms with Crippen LogP contribution in [0.1, 0.15) is 25.7 Å². The van der Waals surface area contributed by atoms with Gasteiger partial charge in [-0.15, -0.1) is 5.10 Å². The molecule has 1 aromatic heterocycles. The number of halogens is 1. The van der Waals surface area contributed by atoms with Crippen LogP contribution in [-0.2, 0) is 0 Å². The highest BCUT2D eigenvalue weighted by atomic mass is 19.1. The van der Waals surface area contributed by atoms with Crippen molar-refractivity contribution < 1.29 is 4.39 Å². The van der Waals surface area contributed by atoms with Gasteiger partial charge in [0.1, 0.15) is 5.82 Å². The van der Waals surface area contributed by atoms with E-state index >= 15 is 0 Å². The summed E-state index contributed by atoms with van der Waals surface area (Å²) in [6, 6.07) is 6.09. The second kappa shape index (κ2) is 6.47. The number of nitrogens with one attached hydrogen (secondary N) is 1. The SMILES string of the molecule is Fc1ccc(Nc2nncc(N3CCCCCC3)n2)cc1. The first-order chi connectivity index (χ1) is 10.3. The summed E-state index contributed by atoms with van der Waals surface area (Å²) in [4.78, 5) is 6.75. The van der Waals surface area contributed by atoms with Gasteiger partial charge in [-0.3, -0.25) is 0 Å². The van der Waals surface area contributed by atoms with Crippen LogP contribution in [0.15, 0.2) is 30.5 Å². The summed E-state index contributed by atoms with van der Waals surface area (Å²) in [5.74, 6) is 1.01. The number of aromatic nitrogens is 3. The molecule has 5 nitrogen and oxygen atoms in total. The van der Waals surface area contributed by atoms with Gasteiger partial charge >= 0.3 is 0 Å². The Balaban J connectivity index is 1.74. The number of rotatable bonds is 3. The minimum atomic E-state index is -0.266. The second-order valence-corrected chi connectivity index (χ2v) is 5.17. The summed E-state index contributed by atoms with van der Waals surface area (Å²) < 4.78 is 12.9. The maximum Gasteiger partial charge on any atom is 0.249 e. The maximum absolute atomic E-state index is 12.9. The molecule has 2 aromatic rings. The minimum Gasteiger partial charge on any atom is -0.355 e. The molecule has 0 aliphatic carbocycles. The summed E-state index contributed by atoms with van der Waals surface area (Å²) in [6.45, 7) is 2.02. The Bertz CT molecular complexity index is 579. The highest BCUT2D eigenvalue weighted by molar-refractivity contribution is 5.54. The first kappa shape index (κ1) is 13.7. The van der Waals surface area contributed by atoms with Crippen LogP contribution in [0.25, 0.3) is 0 Å². The Morgan fingerprint density at radius 3 is 2.43 bits per heavy atom. The van der Waals surface area contributed by atoms with Crippen molar-refractivity contribution in [2.45, 2.75) is 25.7 Å². The molecule has 0 spiro atoms. The molecule has 21 heavy (non-hydrogen) atoms. The van der Waals surface area contributed by atoms with Crippen LogP contribution in [0.5, 0.6) is 0 Å². The summed E-state index contributed by atoms with van der Waals surface area (Å²) in [5.41, 5.74) is 0.742. The number of anilines is 3. The van der Waals surface area contributed by atoms with E-state index in [-0.39, 0.29) is 5.82 Å². The molecule has 3 rings (SSSR count). The number of benzene rings is 1. The van der Waals surface area contributed by atoms with Crippen molar-refractivity contribution in [3.63, 3.8) is 0 Å². The van der Waals surface area contributed by atoms with Gasteiger partial charge in [0, 0.05) is 18.8 Å². The normalized spacial score (nSPS) is 15.6. The number of hydrogen-bond acceptors (Lipinski definition) is 5. The lowest BCUT2D eigenvalue weighted by Crippen LogP contribution is -2.25. The van der Waals surface area contributed by atoms with Gasteiger partial charge in [0.25, 0.3) is 0 Å². The van der Waals surface area contributed by atoms with Gasteiger partial charge in [0.2, 0.25) is 5.95 Å². The predicted octanol–water partition coefficient (Wildman–Crippen LogP) is 3.13. The van der Waals surface area contributed by atoms with Gasteiger partial charge in [-0.05, 0) is 37.1 Å². The zero-order valence-electron chi connectivity index (χ0n) is 11.8. The Morgan fingerprint density at radius 2 is 1.71 bits per heavy atom. The third-order valence-electron chi connectivity index (χ3n) is 3.58. The molecule has 6 heteroatoms. The molecule has 1 fully saturated rings. The van der Waals surface area contributed by atoms with Crippen molar-refractivity contribution in [1.82, 2.24) is 15.2 Å². The molecule has 0 radical (unpaired) electrons. The standard InChI is InChI=1S/C15H18FN5/c16-12-5-7-13(8-6-12)18-15-19-14(11-17-20-15)21-9-3-1-2-4-10-21/h5-8,11H,1-4,9-10H2,(H,18,19,20). The number of nitrogens with zero attached hydrogens (tertiary/aromatic N) is 4. The van der Waals surface area contributed by atoms with Crippen molar-refractivity contribution in [3.05, 3.63) is 36.3 Å². The Morgan fingerprint density at radius 1 is 1.00 bits per heavy atom. The Labute approximate surface area is 123 Å². The van der Waals surface area contributed by atoms with E-state index in [1.54, 1.807) is 18.3 Å². The van der Waals surface area contributed by atoms with Crippen LogP contribution in [0.2, 0.25) is 0 Å². The van der Waals surface area contributed by atoms with Crippen molar-refractivity contribution in [1.29, 1.82) is 0 Å². The van der Waals surface area contributed by atoms with E-state index < -0.39 is 0 Å². The molecule has 0 bridgehead atoms. The lowest BCUT2D eigenvalue weighted by Gasteiger charge is -2.20. The zero-order valence-corrected chi connectivity index (χ0v) is 11.8. The molecule has 110 valence electrons. The van der Waals surface area contributed by atoms with E-state index in [4.69, 9.17) is 0 Å². The average molecular weight is 287 g/mol. The van der Waals surface area contributed by atoms with Gasteiger partial charge in [0.05, 0.1) is 6.20 Å². The van der Waals surface area contributed by atoms with Crippen LogP contribution in [0.4, 0.5) is 21.8 Å².